The van der Waals surface area contributed by atoms with Crippen LogP contribution in [-0.4, -0.2) is 31.4 Å². The minimum Gasteiger partial charge on any atom is -0.468 e. The van der Waals surface area contributed by atoms with Crippen LogP contribution in [-0.2, 0) is 15.3 Å². The third-order valence-corrected chi connectivity index (χ3v) is 4.12. The first kappa shape index (κ1) is 19.4. The summed E-state index contributed by atoms with van der Waals surface area (Å²) in [6.45, 7) is 5.02. The first-order valence-corrected chi connectivity index (χ1v) is 8.95. The van der Waals surface area contributed by atoms with Crippen LogP contribution in [0, 0.1) is 5.92 Å². The lowest BCUT2D eigenvalue weighted by Crippen LogP contribution is -2.29. The molecule has 0 saturated heterocycles. The first-order chi connectivity index (χ1) is 11.0. The second-order valence-corrected chi connectivity index (χ2v) is 6.67. The van der Waals surface area contributed by atoms with Crippen molar-refractivity contribution in [2.75, 3.05) is 24.7 Å². The summed E-state index contributed by atoms with van der Waals surface area (Å²) in [6.07, 6.45) is 2.09. The van der Waals surface area contributed by atoms with Crippen LogP contribution in [0.1, 0.15) is 32.3 Å². The van der Waals surface area contributed by atoms with E-state index in [-0.39, 0.29) is 12.0 Å². The summed E-state index contributed by atoms with van der Waals surface area (Å²) in [5.41, 5.74) is 1.80. The van der Waals surface area contributed by atoms with Gasteiger partial charge in [-0.2, -0.15) is 0 Å². The Hall–Kier alpha value is -1.69. The van der Waals surface area contributed by atoms with Crippen LogP contribution in [0.2, 0.25) is 0 Å². The van der Waals surface area contributed by atoms with E-state index in [1.807, 2.05) is 24.3 Å². The summed E-state index contributed by atoms with van der Waals surface area (Å²) < 4.78 is 4.60. The average molecular weight is 338 g/mol. The smallest absolute Gasteiger partial charge is 0.319 e. The second-order valence-electron chi connectivity index (χ2n) is 5.69. The minimum absolute atomic E-state index is 0.187. The summed E-state index contributed by atoms with van der Waals surface area (Å²) in [7, 11) is 1.38. The van der Waals surface area contributed by atoms with Gasteiger partial charge in [-0.05, 0) is 36.5 Å². The molecule has 0 saturated carbocycles. The van der Waals surface area contributed by atoms with Crippen molar-refractivity contribution in [2.24, 2.45) is 5.92 Å². The molecule has 1 aromatic rings. The number of urea groups is 1. The molecule has 1 aromatic carbocycles. The van der Waals surface area contributed by atoms with Crippen LogP contribution in [0.25, 0.3) is 0 Å². The van der Waals surface area contributed by atoms with Gasteiger partial charge in [-0.1, -0.05) is 26.0 Å². The average Bonchev–Trinajstić information content (AvgIpc) is 2.51. The minimum atomic E-state index is -0.231. The highest BCUT2D eigenvalue weighted by molar-refractivity contribution is 7.99. The lowest BCUT2D eigenvalue weighted by atomic mass is 10.1. The molecule has 0 atom stereocenters. The predicted molar refractivity (Wildman–Crippen MR) is 95.7 cm³/mol. The first-order valence-electron chi connectivity index (χ1n) is 7.79. The molecule has 0 aromatic heterocycles. The van der Waals surface area contributed by atoms with Crippen molar-refractivity contribution in [3.8, 4) is 0 Å². The van der Waals surface area contributed by atoms with Gasteiger partial charge in [0, 0.05) is 18.0 Å². The maximum Gasteiger partial charge on any atom is 0.319 e. The molecule has 0 aliphatic heterocycles. The number of amides is 2. The van der Waals surface area contributed by atoms with Gasteiger partial charge in [0.05, 0.1) is 12.9 Å². The fourth-order valence-electron chi connectivity index (χ4n) is 1.94. The molecule has 5 nitrogen and oxygen atoms in total. The number of thioether (sulfide) groups is 1. The molecule has 0 fully saturated rings. The van der Waals surface area contributed by atoms with Crippen molar-refractivity contribution in [3.63, 3.8) is 0 Å². The number of nitrogens with one attached hydrogen (secondary N) is 2. The van der Waals surface area contributed by atoms with Crippen LogP contribution in [0.3, 0.4) is 0 Å². The summed E-state index contributed by atoms with van der Waals surface area (Å²) in [5, 5.41) is 5.69. The molecule has 23 heavy (non-hydrogen) atoms. The molecule has 2 amide bonds. The Kier molecular flexibility index (Phi) is 9.21. The highest BCUT2D eigenvalue weighted by Gasteiger charge is 2.04. The summed E-state index contributed by atoms with van der Waals surface area (Å²) in [6, 6.07) is 7.44. The Morgan fingerprint density at radius 2 is 2.09 bits per heavy atom. The number of benzene rings is 1. The van der Waals surface area contributed by atoms with Crippen molar-refractivity contribution in [1.29, 1.82) is 0 Å². The predicted octanol–water partition coefficient (Wildman–Crippen LogP) is 3.65. The zero-order valence-electron chi connectivity index (χ0n) is 14.1. The molecule has 0 unspecified atom stereocenters. The van der Waals surface area contributed by atoms with Gasteiger partial charge < -0.3 is 15.4 Å². The van der Waals surface area contributed by atoms with Crippen LogP contribution in [0.15, 0.2) is 24.3 Å². The van der Waals surface area contributed by atoms with Crippen LogP contribution in [0.4, 0.5) is 10.5 Å². The normalized spacial score (nSPS) is 10.4. The number of carbonyl (C=O) groups excluding carboxylic acids is 2. The highest BCUT2D eigenvalue weighted by atomic mass is 32.2. The van der Waals surface area contributed by atoms with E-state index in [1.54, 1.807) is 0 Å². The van der Waals surface area contributed by atoms with Crippen LogP contribution in [0.5, 0.6) is 0 Å². The zero-order chi connectivity index (χ0) is 17.1. The van der Waals surface area contributed by atoms with Crippen molar-refractivity contribution in [2.45, 2.75) is 32.4 Å². The fraction of sp³-hybridized carbons (Fsp3) is 0.529. The standard InChI is InChI=1S/C17H26N2O3S/c1-13(2)6-5-9-18-17(21)19-15-8-4-7-14(10-15)11-23-12-16(20)22-3/h4,7-8,10,13H,5-6,9,11-12H2,1-3H3,(H2,18,19,21). The van der Waals surface area contributed by atoms with Crippen molar-refractivity contribution in [1.82, 2.24) is 5.32 Å². The van der Waals surface area contributed by atoms with Crippen molar-refractivity contribution < 1.29 is 14.3 Å². The molecule has 0 heterocycles. The third-order valence-electron chi connectivity index (χ3n) is 3.14. The van der Waals surface area contributed by atoms with Gasteiger partial charge in [0.2, 0.25) is 0 Å². The van der Waals surface area contributed by atoms with Crippen LogP contribution >= 0.6 is 11.8 Å². The molecule has 0 aliphatic carbocycles. The van der Waals surface area contributed by atoms with Gasteiger partial charge in [-0.15, -0.1) is 11.8 Å². The van der Waals surface area contributed by atoms with Gasteiger partial charge in [0.15, 0.2) is 0 Å². The van der Waals surface area contributed by atoms with Crippen molar-refractivity contribution >= 4 is 29.4 Å². The van der Waals surface area contributed by atoms with Crippen molar-refractivity contribution in [3.05, 3.63) is 29.8 Å². The number of esters is 1. The number of methoxy groups -OCH3 is 1. The quantitative estimate of drug-likeness (QED) is 0.533. The van der Waals surface area contributed by atoms with E-state index >= 15 is 0 Å². The lowest BCUT2D eigenvalue weighted by molar-refractivity contribution is -0.137. The molecule has 1 rings (SSSR count). The van der Waals surface area contributed by atoms with E-state index in [0.29, 0.717) is 24.0 Å². The van der Waals surface area contributed by atoms with Gasteiger partial charge in [-0.25, -0.2) is 4.79 Å². The molecular weight excluding hydrogens is 312 g/mol. The molecule has 2 N–H and O–H groups in total. The Labute approximate surface area is 142 Å². The summed E-state index contributed by atoms with van der Waals surface area (Å²) in [5.74, 6) is 1.44. The molecule has 128 valence electrons. The van der Waals surface area contributed by atoms with E-state index in [0.717, 1.165) is 24.1 Å². The molecule has 0 radical (unpaired) electrons. The second kappa shape index (κ2) is 10.9. The Morgan fingerprint density at radius 1 is 1.30 bits per heavy atom. The van der Waals surface area contributed by atoms with Crippen LogP contribution < -0.4 is 10.6 Å². The van der Waals surface area contributed by atoms with Gasteiger partial charge in [0.25, 0.3) is 0 Å². The molecule has 0 aliphatic rings. The summed E-state index contributed by atoms with van der Waals surface area (Å²) >= 11 is 1.48. The topological polar surface area (TPSA) is 67.4 Å². The van der Waals surface area contributed by atoms with E-state index < -0.39 is 0 Å². The maximum absolute atomic E-state index is 11.8. The number of ether oxygens (including phenoxy) is 1. The zero-order valence-corrected chi connectivity index (χ0v) is 14.9. The van der Waals surface area contributed by atoms with Gasteiger partial charge >= 0.3 is 12.0 Å². The molecule has 0 spiro atoms. The number of anilines is 1. The SMILES string of the molecule is COC(=O)CSCc1cccc(NC(=O)NCCCC(C)C)c1. The number of rotatable bonds is 9. The lowest BCUT2D eigenvalue weighted by Gasteiger charge is -2.10. The molecule has 6 heteroatoms. The number of hydrogen-bond donors (Lipinski definition) is 2. The maximum atomic E-state index is 11.8. The fourth-order valence-corrected chi connectivity index (χ4v) is 2.74. The molecular formula is C17H26N2O3S. The van der Waals surface area contributed by atoms with E-state index in [2.05, 4.69) is 29.2 Å². The Bertz CT molecular complexity index is 506. The summed E-state index contributed by atoms with van der Waals surface area (Å²) in [4.78, 5) is 22.9. The number of carbonyl (C=O) groups is 2. The third kappa shape index (κ3) is 9.13. The van der Waals surface area contributed by atoms with E-state index in [4.69, 9.17) is 0 Å². The van der Waals surface area contributed by atoms with E-state index in [9.17, 15) is 9.59 Å². The molecule has 0 bridgehead atoms. The Morgan fingerprint density at radius 3 is 2.78 bits per heavy atom. The Balaban J connectivity index is 2.35. The van der Waals surface area contributed by atoms with Gasteiger partial charge in [0.1, 0.15) is 0 Å². The van der Waals surface area contributed by atoms with Gasteiger partial charge in [-0.3, -0.25) is 4.79 Å². The number of hydrogen-bond acceptors (Lipinski definition) is 4. The largest absolute Gasteiger partial charge is 0.468 e. The highest BCUT2D eigenvalue weighted by Crippen LogP contribution is 2.16. The van der Waals surface area contributed by atoms with E-state index in [1.165, 1.54) is 18.9 Å². The monoisotopic (exact) mass is 338 g/mol.